The fourth-order valence-corrected chi connectivity index (χ4v) is 4.96. The van der Waals surface area contributed by atoms with E-state index in [1.54, 1.807) is 18.6 Å². The first-order valence-electron chi connectivity index (χ1n) is 11.5. The maximum atomic E-state index is 13.7. The van der Waals surface area contributed by atoms with Gasteiger partial charge in [0.15, 0.2) is 0 Å². The minimum atomic E-state index is -4.60. The van der Waals surface area contributed by atoms with Crippen LogP contribution in [-0.2, 0) is 13.2 Å². The van der Waals surface area contributed by atoms with Crippen LogP contribution < -0.4 is 5.69 Å². The van der Waals surface area contributed by atoms with E-state index in [0.29, 0.717) is 22.9 Å². The Labute approximate surface area is 202 Å². The number of pyridine rings is 1. The molecule has 1 N–H and O–H groups in total. The van der Waals surface area contributed by atoms with E-state index >= 15 is 0 Å². The number of aryl methyl sites for hydroxylation is 1. The van der Waals surface area contributed by atoms with Crippen molar-refractivity contribution in [2.24, 2.45) is 13.0 Å². The zero-order valence-corrected chi connectivity index (χ0v) is 19.1. The number of nitrogens with one attached hydrogen (secondary N) is 1. The van der Waals surface area contributed by atoms with Gasteiger partial charge < -0.3 is 4.57 Å². The molecule has 1 fully saturated rings. The SMILES string of the molecule is Cn1cnnc1[C@@H](c1cc(-c2cnn[nH]2)cc(-n2cc3c(C(F)(F)F)cccn3c2=O)c1)C1CCC1. The van der Waals surface area contributed by atoms with Crippen molar-refractivity contribution in [3.8, 4) is 16.9 Å². The zero-order chi connectivity index (χ0) is 25.0. The summed E-state index contributed by atoms with van der Waals surface area (Å²) in [5.41, 5.74) is 0.964. The molecule has 4 heterocycles. The first kappa shape index (κ1) is 22.3. The number of nitrogens with zero attached hydrogens (tertiary/aromatic N) is 7. The van der Waals surface area contributed by atoms with Gasteiger partial charge in [-0.25, -0.2) is 4.79 Å². The molecule has 0 unspecified atom stereocenters. The second kappa shape index (κ2) is 8.18. The lowest BCUT2D eigenvalue weighted by atomic mass is 9.72. The smallest absolute Gasteiger partial charge is 0.320 e. The first-order chi connectivity index (χ1) is 17.3. The molecule has 0 bridgehead atoms. The highest BCUT2D eigenvalue weighted by atomic mass is 19.4. The van der Waals surface area contributed by atoms with Crippen LogP contribution in [0.15, 0.2) is 60.0 Å². The average molecular weight is 494 g/mol. The Kier molecular flexibility index (Phi) is 5.06. The Morgan fingerprint density at radius 1 is 1.17 bits per heavy atom. The second-order valence-corrected chi connectivity index (χ2v) is 9.11. The Morgan fingerprint density at radius 2 is 2.00 bits per heavy atom. The van der Waals surface area contributed by atoms with Crippen molar-refractivity contribution < 1.29 is 13.2 Å². The molecule has 6 rings (SSSR count). The number of imidazole rings is 1. The van der Waals surface area contributed by atoms with Crippen LogP contribution in [0.2, 0.25) is 0 Å². The molecule has 0 saturated heterocycles. The van der Waals surface area contributed by atoms with E-state index in [4.69, 9.17) is 0 Å². The maximum absolute atomic E-state index is 13.7. The molecular weight excluding hydrogens is 473 g/mol. The van der Waals surface area contributed by atoms with E-state index in [9.17, 15) is 18.0 Å². The quantitative estimate of drug-likeness (QED) is 0.399. The molecule has 36 heavy (non-hydrogen) atoms. The van der Waals surface area contributed by atoms with Gasteiger partial charge in [-0.3, -0.25) is 14.1 Å². The molecule has 1 aliphatic rings. The van der Waals surface area contributed by atoms with E-state index in [2.05, 4.69) is 25.6 Å². The highest BCUT2D eigenvalue weighted by Crippen LogP contribution is 2.44. The Bertz CT molecular complexity index is 1610. The molecule has 9 nitrogen and oxygen atoms in total. The van der Waals surface area contributed by atoms with Crippen molar-refractivity contribution in [3.63, 3.8) is 0 Å². The summed E-state index contributed by atoms with van der Waals surface area (Å²) in [6, 6.07) is 7.76. The van der Waals surface area contributed by atoms with Crippen molar-refractivity contribution in [1.29, 1.82) is 0 Å². The molecule has 0 radical (unpaired) electrons. The Hall–Kier alpha value is -4.22. The number of aromatic nitrogens is 8. The number of fused-ring (bicyclic) bond motifs is 1. The van der Waals surface area contributed by atoms with Crippen LogP contribution in [0.1, 0.15) is 42.1 Å². The second-order valence-electron chi connectivity index (χ2n) is 9.11. The monoisotopic (exact) mass is 494 g/mol. The molecule has 1 aromatic carbocycles. The summed E-state index contributed by atoms with van der Waals surface area (Å²) in [6.07, 6.45) is 4.34. The summed E-state index contributed by atoms with van der Waals surface area (Å²) in [5, 5.41) is 18.9. The third-order valence-electron chi connectivity index (χ3n) is 6.95. The number of aromatic amines is 1. The van der Waals surface area contributed by atoms with Gasteiger partial charge in [-0.15, -0.1) is 15.3 Å². The average Bonchev–Trinajstić information content (AvgIpc) is 3.56. The Morgan fingerprint density at radius 3 is 2.64 bits per heavy atom. The van der Waals surface area contributed by atoms with Crippen LogP contribution in [0.25, 0.3) is 22.5 Å². The van der Waals surface area contributed by atoms with Gasteiger partial charge in [-0.05, 0) is 54.7 Å². The van der Waals surface area contributed by atoms with Crippen LogP contribution in [-0.4, -0.2) is 39.1 Å². The lowest BCUT2D eigenvalue weighted by Gasteiger charge is -2.33. The van der Waals surface area contributed by atoms with Crippen LogP contribution >= 0.6 is 0 Å². The molecule has 1 aliphatic carbocycles. The molecule has 184 valence electrons. The number of alkyl halides is 3. The van der Waals surface area contributed by atoms with Crippen molar-refractivity contribution in [2.75, 3.05) is 0 Å². The normalized spacial score (nSPS) is 15.3. The van der Waals surface area contributed by atoms with Gasteiger partial charge in [-0.2, -0.15) is 13.2 Å². The van der Waals surface area contributed by atoms with Crippen molar-refractivity contribution in [3.05, 3.63) is 82.7 Å². The molecule has 12 heteroatoms. The predicted octanol–water partition coefficient (Wildman–Crippen LogP) is 3.95. The topological polar surface area (TPSA) is 98.7 Å². The Balaban J connectivity index is 1.59. The summed E-state index contributed by atoms with van der Waals surface area (Å²) in [4.78, 5) is 13.3. The van der Waals surface area contributed by atoms with Crippen molar-refractivity contribution >= 4 is 5.52 Å². The van der Waals surface area contributed by atoms with E-state index in [0.717, 1.165) is 41.1 Å². The van der Waals surface area contributed by atoms with Gasteiger partial charge in [0, 0.05) is 30.9 Å². The van der Waals surface area contributed by atoms with Crippen LogP contribution in [0.5, 0.6) is 0 Å². The van der Waals surface area contributed by atoms with Crippen LogP contribution in [0, 0.1) is 5.92 Å². The summed E-state index contributed by atoms with van der Waals surface area (Å²) in [7, 11) is 1.88. The summed E-state index contributed by atoms with van der Waals surface area (Å²) < 4.78 is 45.1. The highest BCUT2D eigenvalue weighted by molar-refractivity contribution is 5.65. The minimum absolute atomic E-state index is 0.0979. The molecule has 1 atom stereocenters. The molecule has 0 spiro atoms. The molecule has 0 aliphatic heterocycles. The lowest BCUT2D eigenvalue weighted by Crippen LogP contribution is -2.24. The minimum Gasteiger partial charge on any atom is -0.320 e. The van der Waals surface area contributed by atoms with E-state index in [-0.39, 0.29) is 11.4 Å². The molecule has 4 aromatic heterocycles. The fourth-order valence-electron chi connectivity index (χ4n) is 4.96. The number of rotatable bonds is 5. The van der Waals surface area contributed by atoms with Gasteiger partial charge >= 0.3 is 11.9 Å². The van der Waals surface area contributed by atoms with Gasteiger partial charge in [0.25, 0.3) is 0 Å². The van der Waals surface area contributed by atoms with Crippen molar-refractivity contribution in [2.45, 2.75) is 31.4 Å². The number of hydrogen-bond acceptors (Lipinski definition) is 5. The predicted molar refractivity (Wildman–Crippen MR) is 124 cm³/mol. The largest absolute Gasteiger partial charge is 0.418 e. The summed E-state index contributed by atoms with van der Waals surface area (Å²) in [5.74, 6) is 1.02. The van der Waals surface area contributed by atoms with E-state index in [1.165, 1.54) is 23.0 Å². The summed E-state index contributed by atoms with van der Waals surface area (Å²) in [6.45, 7) is 0. The zero-order valence-electron chi connectivity index (χ0n) is 19.1. The third kappa shape index (κ3) is 3.60. The van der Waals surface area contributed by atoms with Gasteiger partial charge in [0.1, 0.15) is 12.2 Å². The van der Waals surface area contributed by atoms with Gasteiger partial charge in [-0.1, -0.05) is 11.6 Å². The molecule has 5 aromatic rings. The van der Waals surface area contributed by atoms with E-state index < -0.39 is 17.4 Å². The molecule has 1 saturated carbocycles. The number of benzene rings is 1. The van der Waals surface area contributed by atoms with Crippen LogP contribution in [0.4, 0.5) is 13.2 Å². The summed E-state index contributed by atoms with van der Waals surface area (Å²) >= 11 is 0. The molecule has 0 amide bonds. The first-order valence-corrected chi connectivity index (χ1v) is 11.5. The lowest BCUT2D eigenvalue weighted by molar-refractivity contribution is -0.136. The standard InChI is InChI=1S/C24H21F3N8O/c1-33-13-29-31-22(33)21(14-4-2-5-14)16-8-15(19-11-28-32-30-19)9-17(10-16)35-12-20-18(24(25,26)27)6-3-7-34(20)23(35)36/h3,6-14,21H,2,4-5H2,1H3,(H,28,30,32)/t21-/m1/s1. The van der Waals surface area contributed by atoms with Crippen LogP contribution in [0.3, 0.4) is 0 Å². The van der Waals surface area contributed by atoms with Crippen molar-refractivity contribution in [1.82, 2.24) is 39.1 Å². The maximum Gasteiger partial charge on any atom is 0.418 e. The number of H-pyrrole nitrogens is 1. The number of hydrogen-bond donors (Lipinski definition) is 1. The molecular formula is C24H21F3N8O. The van der Waals surface area contributed by atoms with Gasteiger partial charge in [0.05, 0.1) is 28.7 Å². The fraction of sp³-hybridized carbons (Fsp3) is 0.292. The third-order valence-corrected chi connectivity index (χ3v) is 6.95. The number of halogens is 3. The highest BCUT2D eigenvalue weighted by Gasteiger charge is 2.35. The van der Waals surface area contributed by atoms with E-state index in [1.807, 2.05) is 23.7 Å². The van der Waals surface area contributed by atoms with Gasteiger partial charge in [0.2, 0.25) is 0 Å².